The topological polar surface area (TPSA) is 63.8 Å². The van der Waals surface area contributed by atoms with E-state index < -0.39 is 0 Å². The third-order valence-corrected chi connectivity index (χ3v) is 4.76. The first-order chi connectivity index (χ1) is 9.02. The van der Waals surface area contributed by atoms with E-state index in [1.54, 1.807) is 0 Å². The van der Waals surface area contributed by atoms with Crippen LogP contribution in [0, 0.1) is 31.6 Å². The molecule has 0 amide bonds. The lowest BCUT2D eigenvalue weighted by molar-refractivity contribution is 0.171. The highest BCUT2D eigenvalue weighted by Gasteiger charge is 2.31. The minimum Gasteiger partial charge on any atom is -0.271 e. The normalized spacial score (nSPS) is 29.2. The Bertz CT molecular complexity index is 432. The summed E-state index contributed by atoms with van der Waals surface area (Å²) in [4.78, 5) is 0. The molecule has 0 aliphatic heterocycles. The van der Waals surface area contributed by atoms with Crippen LogP contribution in [-0.2, 0) is 0 Å². The fourth-order valence-electron chi connectivity index (χ4n) is 3.26. The SMILES string of the molecule is Cc1cc(C(NN)C2CCC(C)C(C)C2)c(C)nn1. The number of nitrogens with one attached hydrogen (secondary N) is 1. The molecular weight excluding hydrogens is 236 g/mol. The van der Waals surface area contributed by atoms with Gasteiger partial charge in [-0.05, 0) is 56.1 Å². The van der Waals surface area contributed by atoms with E-state index in [9.17, 15) is 0 Å². The molecule has 0 radical (unpaired) electrons. The molecule has 1 heterocycles. The zero-order valence-corrected chi connectivity index (χ0v) is 12.5. The van der Waals surface area contributed by atoms with Crippen molar-refractivity contribution < 1.29 is 0 Å². The molecule has 0 bridgehead atoms. The largest absolute Gasteiger partial charge is 0.271 e. The van der Waals surface area contributed by atoms with Gasteiger partial charge in [-0.2, -0.15) is 10.2 Å². The van der Waals surface area contributed by atoms with Gasteiger partial charge in [0, 0.05) is 0 Å². The summed E-state index contributed by atoms with van der Waals surface area (Å²) >= 11 is 0. The van der Waals surface area contributed by atoms with Crippen LogP contribution in [0.5, 0.6) is 0 Å². The molecular formula is C15H26N4. The van der Waals surface area contributed by atoms with Crippen LogP contribution in [0.15, 0.2) is 6.07 Å². The van der Waals surface area contributed by atoms with Gasteiger partial charge in [0.25, 0.3) is 0 Å². The molecule has 1 aliphatic carbocycles. The van der Waals surface area contributed by atoms with Gasteiger partial charge < -0.3 is 0 Å². The quantitative estimate of drug-likeness (QED) is 0.649. The van der Waals surface area contributed by atoms with E-state index in [0.717, 1.165) is 23.2 Å². The zero-order valence-electron chi connectivity index (χ0n) is 12.5. The van der Waals surface area contributed by atoms with E-state index in [1.165, 1.54) is 24.8 Å². The highest BCUT2D eigenvalue weighted by molar-refractivity contribution is 5.24. The molecule has 0 spiro atoms. The van der Waals surface area contributed by atoms with Crippen LogP contribution >= 0.6 is 0 Å². The summed E-state index contributed by atoms with van der Waals surface area (Å²) in [7, 11) is 0. The second-order valence-corrected chi connectivity index (χ2v) is 6.20. The Balaban J connectivity index is 2.22. The molecule has 1 saturated carbocycles. The van der Waals surface area contributed by atoms with Crippen molar-refractivity contribution in [1.82, 2.24) is 15.6 Å². The van der Waals surface area contributed by atoms with Gasteiger partial charge in [-0.15, -0.1) is 0 Å². The Hall–Kier alpha value is -1.00. The average molecular weight is 262 g/mol. The summed E-state index contributed by atoms with van der Waals surface area (Å²) in [6, 6.07) is 2.32. The molecule has 19 heavy (non-hydrogen) atoms. The van der Waals surface area contributed by atoms with Crippen molar-refractivity contribution in [2.24, 2.45) is 23.6 Å². The smallest absolute Gasteiger partial charge is 0.0648 e. The molecule has 1 aromatic rings. The summed E-state index contributed by atoms with van der Waals surface area (Å²) in [6.07, 6.45) is 3.76. The number of hydrazine groups is 1. The number of hydrogen-bond acceptors (Lipinski definition) is 4. The number of hydrogen-bond donors (Lipinski definition) is 2. The summed E-state index contributed by atoms with van der Waals surface area (Å²) in [5.74, 6) is 8.03. The molecule has 0 saturated heterocycles. The third kappa shape index (κ3) is 3.12. The van der Waals surface area contributed by atoms with Gasteiger partial charge in [-0.1, -0.05) is 20.3 Å². The van der Waals surface area contributed by atoms with Crippen molar-refractivity contribution >= 4 is 0 Å². The first-order valence-electron chi connectivity index (χ1n) is 7.29. The molecule has 1 aliphatic rings. The van der Waals surface area contributed by atoms with Crippen LogP contribution in [0.2, 0.25) is 0 Å². The molecule has 0 aromatic carbocycles. The Kier molecular flexibility index (Phi) is 4.53. The van der Waals surface area contributed by atoms with Gasteiger partial charge in [0.2, 0.25) is 0 Å². The van der Waals surface area contributed by atoms with E-state index in [1.807, 2.05) is 13.8 Å². The molecule has 4 nitrogen and oxygen atoms in total. The zero-order chi connectivity index (χ0) is 14.0. The summed E-state index contributed by atoms with van der Waals surface area (Å²) in [5.41, 5.74) is 6.18. The van der Waals surface area contributed by atoms with E-state index in [2.05, 4.69) is 35.5 Å². The van der Waals surface area contributed by atoms with Crippen LogP contribution in [-0.4, -0.2) is 10.2 Å². The highest BCUT2D eigenvalue weighted by atomic mass is 15.2. The predicted octanol–water partition coefficient (Wildman–Crippen LogP) is 2.67. The Morgan fingerprint density at radius 3 is 2.58 bits per heavy atom. The second kappa shape index (κ2) is 5.97. The van der Waals surface area contributed by atoms with Gasteiger partial charge in [-0.3, -0.25) is 11.3 Å². The van der Waals surface area contributed by atoms with E-state index >= 15 is 0 Å². The van der Waals surface area contributed by atoms with Crippen molar-refractivity contribution in [3.8, 4) is 0 Å². The van der Waals surface area contributed by atoms with Crippen molar-refractivity contribution in [3.05, 3.63) is 23.0 Å². The summed E-state index contributed by atoms with van der Waals surface area (Å²) < 4.78 is 0. The number of aryl methyl sites for hydroxylation is 2. The maximum absolute atomic E-state index is 5.84. The van der Waals surface area contributed by atoms with E-state index in [0.29, 0.717) is 5.92 Å². The van der Waals surface area contributed by atoms with Crippen LogP contribution in [0.3, 0.4) is 0 Å². The van der Waals surface area contributed by atoms with Gasteiger partial charge >= 0.3 is 0 Å². The number of nitrogens with two attached hydrogens (primary N) is 1. The number of aromatic nitrogens is 2. The van der Waals surface area contributed by atoms with Crippen LogP contribution < -0.4 is 11.3 Å². The summed E-state index contributed by atoms with van der Waals surface area (Å²) in [5, 5.41) is 8.34. The monoisotopic (exact) mass is 262 g/mol. The van der Waals surface area contributed by atoms with Crippen molar-refractivity contribution in [2.45, 2.75) is 53.0 Å². The molecule has 1 fully saturated rings. The molecule has 1 aromatic heterocycles. The minimum atomic E-state index is 0.198. The summed E-state index contributed by atoms with van der Waals surface area (Å²) in [6.45, 7) is 8.71. The van der Waals surface area contributed by atoms with E-state index in [4.69, 9.17) is 5.84 Å². The molecule has 4 heteroatoms. The second-order valence-electron chi connectivity index (χ2n) is 6.20. The van der Waals surface area contributed by atoms with Crippen LogP contribution in [0.1, 0.15) is 56.1 Å². The fourth-order valence-corrected chi connectivity index (χ4v) is 3.26. The molecule has 4 unspecified atom stereocenters. The lowest BCUT2D eigenvalue weighted by Crippen LogP contribution is -2.37. The van der Waals surface area contributed by atoms with Gasteiger partial charge in [0.1, 0.15) is 0 Å². The molecule has 106 valence electrons. The first kappa shape index (κ1) is 14.4. The minimum absolute atomic E-state index is 0.198. The van der Waals surface area contributed by atoms with Crippen LogP contribution in [0.25, 0.3) is 0 Å². The molecule has 4 atom stereocenters. The van der Waals surface area contributed by atoms with Crippen molar-refractivity contribution in [2.75, 3.05) is 0 Å². The standard InChI is InChI=1S/C15H26N4/c1-9-5-6-13(7-10(9)2)15(17-16)14-8-11(3)18-19-12(14)4/h8-10,13,15,17H,5-7,16H2,1-4H3. The Morgan fingerprint density at radius 2 is 1.95 bits per heavy atom. The number of nitrogens with zero attached hydrogens (tertiary/aromatic N) is 2. The maximum atomic E-state index is 5.84. The number of rotatable bonds is 3. The lowest BCUT2D eigenvalue weighted by Gasteiger charge is -2.37. The Labute approximate surface area is 116 Å². The predicted molar refractivity (Wildman–Crippen MR) is 77.2 cm³/mol. The first-order valence-corrected chi connectivity index (χ1v) is 7.29. The average Bonchev–Trinajstić information content (AvgIpc) is 2.38. The van der Waals surface area contributed by atoms with Crippen molar-refractivity contribution in [1.29, 1.82) is 0 Å². The third-order valence-electron chi connectivity index (χ3n) is 4.76. The van der Waals surface area contributed by atoms with Gasteiger partial charge in [0.05, 0.1) is 17.4 Å². The lowest BCUT2D eigenvalue weighted by atomic mass is 9.72. The highest BCUT2D eigenvalue weighted by Crippen LogP contribution is 2.40. The maximum Gasteiger partial charge on any atom is 0.0648 e. The van der Waals surface area contributed by atoms with Crippen LogP contribution in [0.4, 0.5) is 0 Å². The van der Waals surface area contributed by atoms with Crippen molar-refractivity contribution in [3.63, 3.8) is 0 Å². The van der Waals surface area contributed by atoms with Gasteiger partial charge in [0.15, 0.2) is 0 Å². The van der Waals surface area contributed by atoms with E-state index in [-0.39, 0.29) is 6.04 Å². The molecule has 2 rings (SSSR count). The Morgan fingerprint density at radius 1 is 1.21 bits per heavy atom. The van der Waals surface area contributed by atoms with Gasteiger partial charge in [-0.25, -0.2) is 0 Å². The fraction of sp³-hybridized carbons (Fsp3) is 0.733. The molecule has 3 N–H and O–H groups in total.